The zero-order chi connectivity index (χ0) is 10.9. The topological polar surface area (TPSA) is 74.7 Å². The molecule has 0 aromatic carbocycles. The van der Waals surface area contributed by atoms with Crippen LogP contribution in [0.5, 0.6) is 0 Å². The summed E-state index contributed by atoms with van der Waals surface area (Å²) in [4.78, 5) is 34.2. The zero-order valence-electron chi connectivity index (χ0n) is 8.19. The van der Waals surface area contributed by atoms with Gasteiger partial charge >= 0.3 is 5.97 Å². The standard InChI is InChI=1S/C9H13NO4/c1-5(11)7-3-8(9(13)14)10(4-7)6(2)12/h7-8H,3-4H2,1-2H3,(H,13,14). The van der Waals surface area contributed by atoms with Gasteiger partial charge in [-0.25, -0.2) is 4.79 Å². The van der Waals surface area contributed by atoms with Crippen molar-refractivity contribution in [1.82, 2.24) is 4.90 Å². The lowest BCUT2D eigenvalue weighted by atomic mass is 10.0. The Morgan fingerprint density at radius 2 is 1.86 bits per heavy atom. The highest BCUT2D eigenvalue weighted by Gasteiger charge is 2.39. The van der Waals surface area contributed by atoms with Crippen molar-refractivity contribution < 1.29 is 19.5 Å². The SMILES string of the molecule is CC(=O)C1CC(C(=O)O)N(C(C)=O)C1. The molecule has 1 saturated heterocycles. The summed E-state index contributed by atoms with van der Waals surface area (Å²) in [6, 6.07) is -0.832. The molecule has 2 unspecified atom stereocenters. The Labute approximate surface area is 81.7 Å². The summed E-state index contributed by atoms with van der Waals surface area (Å²) in [6.07, 6.45) is 0.240. The number of amides is 1. The van der Waals surface area contributed by atoms with Crippen LogP contribution in [0.4, 0.5) is 0 Å². The summed E-state index contributed by atoms with van der Waals surface area (Å²) >= 11 is 0. The van der Waals surface area contributed by atoms with Crippen molar-refractivity contribution in [1.29, 1.82) is 0 Å². The molecule has 2 atom stereocenters. The number of likely N-dealkylation sites (tertiary alicyclic amines) is 1. The molecule has 1 fully saturated rings. The van der Waals surface area contributed by atoms with Crippen LogP contribution in [0.15, 0.2) is 0 Å². The number of carboxylic acids is 1. The Morgan fingerprint density at radius 3 is 2.14 bits per heavy atom. The van der Waals surface area contributed by atoms with Crippen LogP contribution in [0.1, 0.15) is 20.3 Å². The lowest BCUT2D eigenvalue weighted by Gasteiger charge is -2.18. The van der Waals surface area contributed by atoms with Gasteiger partial charge in [0, 0.05) is 19.4 Å². The van der Waals surface area contributed by atoms with E-state index in [1.165, 1.54) is 18.7 Å². The van der Waals surface area contributed by atoms with Crippen LogP contribution < -0.4 is 0 Å². The smallest absolute Gasteiger partial charge is 0.326 e. The highest BCUT2D eigenvalue weighted by atomic mass is 16.4. The molecule has 5 nitrogen and oxygen atoms in total. The summed E-state index contributed by atoms with van der Waals surface area (Å²) < 4.78 is 0. The average molecular weight is 199 g/mol. The molecule has 0 aliphatic carbocycles. The number of aliphatic carboxylic acids is 1. The van der Waals surface area contributed by atoms with Gasteiger partial charge < -0.3 is 10.0 Å². The molecule has 1 N–H and O–H groups in total. The van der Waals surface area contributed by atoms with Crippen LogP contribution in [0.3, 0.4) is 0 Å². The second-order valence-electron chi connectivity index (χ2n) is 3.57. The summed E-state index contributed by atoms with van der Waals surface area (Å²) in [5.74, 6) is -1.70. The minimum atomic E-state index is -1.04. The Balaban J connectivity index is 2.80. The molecule has 0 bridgehead atoms. The van der Waals surface area contributed by atoms with Gasteiger partial charge in [-0.15, -0.1) is 0 Å². The van der Waals surface area contributed by atoms with Gasteiger partial charge in [0.15, 0.2) is 0 Å². The fourth-order valence-corrected chi connectivity index (χ4v) is 1.71. The predicted octanol–water partition coefficient (Wildman–Crippen LogP) is -0.103. The van der Waals surface area contributed by atoms with Crippen LogP contribution in [-0.2, 0) is 14.4 Å². The number of carbonyl (C=O) groups excluding carboxylic acids is 2. The summed E-state index contributed by atoms with van der Waals surface area (Å²) in [5.41, 5.74) is 0. The van der Waals surface area contributed by atoms with Crippen LogP contribution in [0.25, 0.3) is 0 Å². The Bertz CT molecular complexity index is 265. The molecule has 0 aromatic rings. The van der Waals surface area contributed by atoms with Crippen molar-refractivity contribution in [3.05, 3.63) is 0 Å². The Kier molecular flexibility index (Phi) is 2.88. The normalized spacial score (nSPS) is 26.3. The summed E-state index contributed by atoms with van der Waals surface area (Å²) in [6.45, 7) is 2.98. The van der Waals surface area contributed by atoms with E-state index in [0.29, 0.717) is 0 Å². The van der Waals surface area contributed by atoms with E-state index in [1.54, 1.807) is 0 Å². The van der Waals surface area contributed by atoms with Gasteiger partial charge in [0.25, 0.3) is 0 Å². The molecular formula is C9H13NO4. The first kappa shape index (κ1) is 10.7. The molecule has 5 heteroatoms. The third-order valence-corrected chi connectivity index (χ3v) is 2.57. The molecule has 1 rings (SSSR count). The maximum absolute atomic E-state index is 11.1. The minimum Gasteiger partial charge on any atom is -0.480 e. The van der Waals surface area contributed by atoms with Crippen molar-refractivity contribution in [3.8, 4) is 0 Å². The molecule has 1 heterocycles. The van der Waals surface area contributed by atoms with Crippen LogP contribution in [-0.4, -0.2) is 40.3 Å². The van der Waals surface area contributed by atoms with Gasteiger partial charge in [-0.3, -0.25) is 9.59 Å². The molecule has 1 aliphatic rings. The Hall–Kier alpha value is -1.39. The predicted molar refractivity (Wildman–Crippen MR) is 47.6 cm³/mol. The van der Waals surface area contributed by atoms with Crippen LogP contribution in [0, 0.1) is 5.92 Å². The van der Waals surface area contributed by atoms with Gasteiger partial charge in [0.05, 0.1) is 0 Å². The number of rotatable bonds is 2. The first-order valence-corrected chi connectivity index (χ1v) is 4.44. The summed E-state index contributed by atoms with van der Waals surface area (Å²) in [7, 11) is 0. The highest BCUT2D eigenvalue weighted by Crippen LogP contribution is 2.24. The molecule has 0 saturated carbocycles. The van der Waals surface area contributed by atoms with Crippen molar-refractivity contribution in [2.24, 2.45) is 5.92 Å². The molecule has 14 heavy (non-hydrogen) atoms. The average Bonchev–Trinajstić information content (AvgIpc) is 2.47. The number of Topliss-reactive ketones (excluding diaryl/α,β-unsaturated/α-hetero) is 1. The number of carboxylic acid groups (broad SMARTS) is 1. The minimum absolute atomic E-state index is 0.0556. The van der Waals surface area contributed by atoms with Crippen molar-refractivity contribution >= 4 is 17.7 Å². The number of nitrogens with zero attached hydrogens (tertiary/aromatic N) is 1. The lowest BCUT2D eigenvalue weighted by Crippen LogP contribution is -2.39. The zero-order valence-corrected chi connectivity index (χ0v) is 8.19. The maximum atomic E-state index is 11.1. The van der Waals surface area contributed by atoms with E-state index in [2.05, 4.69) is 0 Å². The van der Waals surface area contributed by atoms with Crippen molar-refractivity contribution in [3.63, 3.8) is 0 Å². The third-order valence-electron chi connectivity index (χ3n) is 2.57. The monoisotopic (exact) mass is 199 g/mol. The number of carbonyl (C=O) groups is 3. The summed E-state index contributed by atoms with van der Waals surface area (Å²) in [5, 5.41) is 8.83. The first-order valence-electron chi connectivity index (χ1n) is 4.44. The first-order chi connectivity index (χ1) is 6.43. The van der Waals surface area contributed by atoms with Gasteiger partial charge in [-0.05, 0) is 13.3 Å². The fraction of sp³-hybridized carbons (Fsp3) is 0.667. The molecular weight excluding hydrogens is 186 g/mol. The van der Waals surface area contributed by atoms with Gasteiger partial charge in [-0.2, -0.15) is 0 Å². The second-order valence-corrected chi connectivity index (χ2v) is 3.57. The lowest BCUT2D eigenvalue weighted by molar-refractivity contribution is -0.147. The largest absolute Gasteiger partial charge is 0.480 e. The van der Waals surface area contributed by atoms with Gasteiger partial charge in [-0.1, -0.05) is 0 Å². The van der Waals surface area contributed by atoms with E-state index >= 15 is 0 Å². The Morgan fingerprint density at radius 1 is 1.29 bits per heavy atom. The van der Waals surface area contributed by atoms with E-state index in [4.69, 9.17) is 5.11 Å². The van der Waals surface area contributed by atoms with E-state index in [1.807, 2.05) is 0 Å². The molecule has 0 aromatic heterocycles. The van der Waals surface area contributed by atoms with E-state index in [-0.39, 0.29) is 30.6 Å². The third kappa shape index (κ3) is 1.92. The van der Waals surface area contributed by atoms with Crippen molar-refractivity contribution in [2.45, 2.75) is 26.3 Å². The van der Waals surface area contributed by atoms with Crippen molar-refractivity contribution in [2.75, 3.05) is 6.54 Å². The quantitative estimate of drug-likeness (QED) is 0.673. The molecule has 1 aliphatic heterocycles. The van der Waals surface area contributed by atoms with E-state index in [0.717, 1.165) is 0 Å². The molecule has 0 radical (unpaired) electrons. The van der Waals surface area contributed by atoms with Crippen LogP contribution in [0.2, 0.25) is 0 Å². The fourth-order valence-electron chi connectivity index (χ4n) is 1.71. The molecule has 0 spiro atoms. The molecule has 78 valence electrons. The van der Waals surface area contributed by atoms with Crippen LogP contribution >= 0.6 is 0 Å². The number of hydrogen-bond acceptors (Lipinski definition) is 3. The van der Waals surface area contributed by atoms with E-state index < -0.39 is 12.0 Å². The van der Waals surface area contributed by atoms with Gasteiger partial charge in [0.2, 0.25) is 5.91 Å². The van der Waals surface area contributed by atoms with Gasteiger partial charge in [0.1, 0.15) is 11.8 Å². The molecule has 1 amide bonds. The number of hydrogen-bond donors (Lipinski definition) is 1. The number of ketones is 1. The van der Waals surface area contributed by atoms with E-state index in [9.17, 15) is 14.4 Å². The second kappa shape index (κ2) is 3.77. The maximum Gasteiger partial charge on any atom is 0.326 e. The highest BCUT2D eigenvalue weighted by molar-refractivity contribution is 5.86.